The van der Waals surface area contributed by atoms with Crippen LogP contribution in [0.2, 0.25) is 0 Å². The van der Waals surface area contributed by atoms with E-state index in [0.717, 1.165) is 6.07 Å². The highest BCUT2D eigenvalue weighted by Gasteiger charge is 2.48. The van der Waals surface area contributed by atoms with Gasteiger partial charge in [0.05, 0.1) is 4.92 Å². The fourth-order valence-electron chi connectivity index (χ4n) is 2.26. The van der Waals surface area contributed by atoms with E-state index in [1.807, 2.05) is 0 Å². The number of aliphatic hydroxyl groups is 3. The van der Waals surface area contributed by atoms with Crippen LogP contribution in [0.5, 0.6) is 5.75 Å². The van der Waals surface area contributed by atoms with Gasteiger partial charge in [-0.3, -0.25) is 10.1 Å². The monoisotopic (exact) mass is 383 g/mol. The lowest BCUT2D eigenvalue weighted by atomic mass is 9.99. The van der Waals surface area contributed by atoms with Gasteiger partial charge in [-0.1, -0.05) is 0 Å². The van der Waals surface area contributed by atoms with Crippen molar-refractivity contribution < 1.29 is 52.8 Å². The van der Waals surface area contributed by atoms with Gasteiger partial charge in [-0.15, -0.1) is 0 Å². The summed E-state index contributed by atoms with van der Waals surface area (Å²) in [4.78, 5) is 20.4. The number of hydrogen-bond donors (Lipinski definition) is 4. The Morgan fingerprint density at radius 2 is 1.81 bits per heavy atom. The van der Waals surface area contributed by atoms with Gasteiger partial charge in [0, 0.05) is 6.07 Å². The highest BCUT2D eigenvalue weighted by Crippen LogP contribution is 2.38. The summed E-state index contributed by atoms with van der Waals surface area (Å²) in [5.74, 6) is -2.35. The second-order valence-corrected chi connectivity index (χ2v) is 5.29. The Balaban J connectivity index is 2.32. The highest BCUT2D eigenvalue weighted by molar-refractivity contribution is 5.73. The van der Waals surface area contributed by atoms with Crippen LogP contribution < -0.4 is 4.74 Å². The lowest BCUT2D eigenvalue weighted by molar-refractivity contribution is -0.388. The van der Waals surface area contributed by atoms with Crippen LogP contribution >= 0.6 is 0 Å². The van der Waals surface area contributed by atoms with E-state index < -0.39 is 64.8 Å². The lowest BCUT2D eigenvalue weighted by Gasteiger charge is -2.38. The maximum atomic E-state index is 12.9. The smallest absolute Gasteiger partial charge is 0.423 e. The normalized spacial score (nSPS) is 29.2. The number of aliphatic hydroxyl groups excluding tert-OH is 3. The van der Waals surface area contributed by atoms with Crippen LogP contribution in [-0.4, -0.2) is 62.0 Å². The van der Waals surface area contributed by atoms with Crippen LogP contribution in [0.4, 0.5) is 18.9 Å². The van der Waals surface area contributed by atoms with Crippen molar-refractivity contribution in [2.24, 2.45) is 0 Å². The van der Waals surface area contributed by atoms with Crippen molar-refractivity contribution >= 4 is 11.7 Å². The number of nitrogens with zero attached hydrogens (tertiary/aromatic N) is 1. The van der Waals surface area contributed by atoms with E-state index in [2.05, 4.69) is 0 Å². The minimum atomic E-state index is -5.09. The number of halogens is 3. The van der Waals surface area contributed by atoms with Gasteiger partial charge >= 0.3 is 12.1 Å². The molecule has 0 amide bonds. The average molecular weight is 383 g/mol. The molecule has 26 heavy (non-hydrogen) atoms. The Labute approximate surface area is 142 Å². The zero-order valence-electron chi connectivity index (χ0n) is 12.5. The van der Waals surface area contributed by atoms with Gasteiger partial charge in [-0.05, 0) is 12.1 Å². The molecule has 1 aliphatic heterocycles. The molecule has 0 aliphatic carbocycles. The number of hydrogen-bond acceptors (Lipinski definition) is 8. The molecule has 144 valence electrons. The summed E-state index contributed by atoms with van der Waals surface area (Å²) in [6, 6.07) is 1.55. The molecule has 5 atom stereocenters. The van der Waals surface area contributed by atoms with Crippen molar-refractivity contribution in [2.75, 3.05) is 0 Å². The Morgan fingerprint density at radius 1 is 1.19 bits per heavy atom. The first-order chi connectivity index (χ1) is 11.9. The molecule has 0 aromatic heterocycles. The fourth-order valence-corrected chi connectivity index (χ4v) is 2.26. The minimum absolute atomic E-state index is 0.265. The van der Waals surface area contributed by atoms with Crippen LogP contribution in [0.1, 0.15) is 5.56 Å². The minimum Gasteiger partial charge on any atom is -0.479 e. The predicted octanol–water partition coefficient (Wildman–Crippen LogP) is -0.115. The fraction of sp³-hybridized carbons (Fsp3) is 0.462. The molecular formula is C13H12F3NO9. The summed E-state index contributed by atoms with van der Waals surface area (Å²) in [6.07, 6.45) is -15.1. The molecule has 0 saturated carbocycles. The SMILES string of the molecule is O=C(O)[C@H]1O[C@@H](Oc2ccc([N+](=O)[O-])c(C(F)(F)F)c2)[C@H](O)[C@@H](O)[C@@H]1O. The molecule has 1 aliphatic rings. The second-order valence-electron chi connectivity index (χ2n) is 5.29. The Morgan fingerprint density at radius 3 is 2.31 bits per heavy atom. The number of benzene rings is 1. The maximum Gasteiger partial charge on any atom is 0.423 e. The first kappa shape index (κ1) is 19.8. The second kappa shape index (κ2) is 7.03. The molecule has 1 aromatic carbocycles. The topological polar surface area (TPSA) is 160 Å². The molecule has 1 saturated heterocycles. The lowest BCUT2D eigenvalue weighted by Crippen LogP contribution is -2.61. The van der Waals surface area contributed by atoms with E-state index in [1.54, 1.807) is 0 Å². The van der Waals surface area contributed by atoms with E-state index in [9.17, 15) is 43.4 Å². The van der Waals surface area contributed by atoms with Crippen LogP contribution in [-0.2, 0) is 15.7 Å². The van der Waals surface area contributed by atoms with Gasteiger partial charge in [0.1, 0.15) is 29.6 Å². The summed E-state index contributed by atoms with van der Waals surface area (Å²) in [5.41, 5.74) is -2.88. The predicted molar refractivity (Wildman–Crippen MR) is 73.0 cm³/mol. The number of carbonyl (C=O) groups is 1. The highest BCUT2D eigenvalue weighted by atomic mass is 19.4. The summed E-state index contributed by atoms with van der Waals surface area (Å²) in [6.45, 7) is 0. The van der Waals surface area contributed by atoms with E-state index in [1.165, 1.54) is 0 Å². The number of alkyl halides is 3. The quantitative estimate of drug-likeness (QED) is 0.411. The van der Waals surface area contributed by atoms with Crippen molar-refractivity contribution in [1.29, 1.82) is 0 Å². The first-order valence-corrected chi connectivity index (χ1v) is 6.88. The maximum absolute atomic E-state index is 12.9. The molecule has 10 nitrogen and oxygen atoms in total. The van der Waals surface area contributed by atoms with Crippen molar-refractivity contribution in [2.45, 2.75) is 36.9 Å². The number of aliphatic carboxylic acids is 1. The van der Waals surface area contributed by atoms with Gasteiger partial charge < -0.3 is 29.9 Å². The van der Waals surface area contributed by atoms with Crippen molar-refractivity contribution in [1.82, 2.24) is 0 Å². The third-order valence-corrected chi connectivity index (χ3v) is 3.54. The Kier molecular flexibility index (Phi) is 5.36. The van der Waals surface area contributed by atoms with Gasteiger partial charge in [-0.2, -0.15) is 13.2 Å². The summed E-state index contributed by atoms with van der Waals surface area (Å²) in [7, 11) is 0. The third-order valence-electron chi connectivity index (χ3n) is 3.54. The molecule has 1 fully saturated rings. The zero-order valence-corrected chi connectivity index (χ0v) is 12.5. The number of carboxylic acids is 1. The van der Waals surface area contributed by atoms with Crippen molar-refractivity contribution in [3.05, 3.63) is 33.9 Å². The van der Waals surface area contributed by atoms with Gasteiger partial charge in [0.15, 0.2) is 6.10 Å². The molecule has 0 unspecified atom stereocenters. The molecular weight excluding hydrogens is 371 g/mol. The largest absolute Gasteiger partial charge is 0.479 e. The third kappa shape index (κ3) is 3.85. The molecule has 0 radical (unpaired) electrons. The van der Waals surface area contributed by atoms with Crippen molar-refractivity contribution in [3.8, 4) is 5.75 Å². The number of ether oxygens (including phenoxy) is 2. The van der Waals surface area contributed by atoms with Crippen LogP contribution in [0.25, 0.3) is 0 Å². The molecule has 4 N–H and O–H groups in total. The van der Waals surface area contributed by atoms with Gasteiger partial charge in [-0.25, -0.2) is 4.79 Å². The zero-order chi connectivity index (χ0) is 19.8. The molecule has 2 rings (SSSR count). The van der Waals surface area contributed by atoms with Gasteiger partial charge in [0.25, 0.3) is 5.69 Å². The molecule has 13 heteroatoms. The van der Waals surface area contributed by atoms with E-state index in [-0.39, 0.29) is 6.07 Å². The van der Waals surface area contributed by atoms with E-state index in [4.69, 9.17) is 14.6 Å². The number of nitro benzene ring substituents is 1. The number of rotatable bonds is 4. The number of carboxylic acid groups (broad SMARTS) is 1. The van der Waals surface area contributed by atoms with Crippen molar-refractivity contribution in [3.63, 3.8) is 0 Å². The van der Waals surface area contributed by atoms with E-state index >= 15 is 0 Å². The molecule has 1 heterocycles. The standard InChI is InChI=1S/C13H12F3NO9/c14-13(15,16)5-3-4(1-2-6(5)17(23)24)25-12-9(20)7(18)8(19)10(26-12)11(21)22/h1-3,7-10,12,18-20H,(H,21,22)/t7-,8-,9+,10-,12+/m0/s1. The summed E-state index contributed by atoms with van der Waals surface area (Å²) in [5, 5.41) is 48.5. The van der Waals surface area contributed by atoms with Crippen LogP contribution in [0.15, 0.2) is 18.2 Å². The van der Waals surface area contributed by atoms with Crippen LogP contribution in [0.3, 0.4) is 0 Å². The van der Waals surface area contributed by atoms with E-state index in [0.29, 0.717) is 6.07 Å². The Bertz CT molecular complexity index is 711. The molecule has 0 spiro atoms. The molecule has 0 bridgehead atoms. The average Bonchev–Trinajstić information content (AvgIpc) is 2.54. The Hall–Kier alpha value is -2.48. The summed E-state index contributed by atoms with van der Waals surface area (Å²) < 4.78 is 48.5. The van der Waals surface area contributed by atoms with Crippen LogP contribution in [0, 0.1) is 10.1 Å². The van der Waals surface area contributed by atoms with Gasteiger partial charge in [0.2, 0.25) is 6.29 Å². The first-order valence-electron chi connectivity index (χ1n) is 6.88. The summed E-state index contributed by atoms with van der Waals surface area (Å²) >= 11 is 0. The number of nitro groups is 1. The molecule has 1 aromatic rings.